The van der Waals surface area contributed by atoms with Gasteiger partial charge in [0, 0.05) is 4.88 Å². The van der Waals surface area contributed by atoms with Gasteiger partial charge in [-0.1, -0.05) is 30.5 Å². The summed E-state index contributed by atoms with van der Waals surface area (Å²) >= 11 is 7.28. The maximum atomic E-state index is 13.4. The summed E-state index contributed by atoms with van der Waals surface area (Å²) in [4.78, 5) is 19.1. The van der Waals surface area contributed by atoms with Crippen molar-refractivity contribution >= 4 is 33.8 Å². The standard InChI is InChI=1S/C20H22N2OS2/c1-12-9-10-15(13(2)11-12)22-19(23)17-14-7-5-3-4-6-8-16(14)25-18(17)21-20(22)24/h9-11H,3-8H2,1-2H3,(H,21,24). The van der Waals surface area contributed by atoms with Crippen LogP contribution in [0.3, 0.4) is 0 Å². The highest BCUT2D eigenvalue weighted by atomic mass is 32.1. The third-order valence-electron chi connectivity index (χ3n) is 5.11. The van der Waals surface area contributed by atoms with Gasteiger partial charge >= 0.3 is 0 Å². The molecule has 0 fully saturated rings. The molecule has 1 N–H and O–H groups in total. The zero-order valence-electron chi connectivity index (χ0n) is 14.6. The van der Waals surface area contributed by atoms with Crippen LogP contribution in [0.5, 0.6) is 0 Å². The van der Waals surface area contributed by atoms with E-state index in [1.165, 1.54) is 35.3 Å². The molecule has 0 radical (unpaired) electrons. The number of thiophene rings is 1. The molecule has 0 unspecified atom stereocenters. The van der Waals surface area contributed by atoms with E-state index in [1.807, 2.05) is 19.1 Å². The van der Waals surface area contributed by atoms with Gasteiger partial charge in [0.15, 0.2) is 4.77 Å². The Morgan fingerprint density at radius 2 is 1.88 bits per heavy atom. The highest BCUT2D eigenvalue weighted by Crippen LogP contribution is 2.32. The number of hydrogen-bond acceptors (Lipinski definition) is 3. The van der Waals surface area contributed by atoms with Crippen LogP contribution in [0.4, 0.5) is 0 Å². The fraction of sp³-hybridized carbons (Fsp3) is 0.400. The lowest BCUT2D eigenvalue weighted by Gasteiger charge is -2.12. The van der Waals surface area contributed by atoms with Crippen LogP contribution in [0.1, 0.15) is 47.3 Å². The largest absolute Gasteiger partial charge is 0.323 e. The highest BCUT2D eigenvalue weighted by Gasteiger charge is 2.19. The van der Waals surface area contributed by atoms with Gasteiger partial charge in [-0.25, -0.2) is 0 Å². The molecule has 1 aliphatic rings. The number of fused-ring (bicyclic) bond motifs is 3. The van der Waals surface area contributed by atoms with Crippen molar-refractivity contribution in [2.45, 2.75) is 52.4 Å². The number of aryl methyl sites for hydroxylation is 4. The van der Waals surface area contributed by atoms with Crippen LogP contribution in [-0.4, -0.2) is 9.55 Å². The van der Waals surface area contributed by atoms with Crippen molar-refractivity contribution in [3.63, 3.8) is 0 Å². The summed E-state index contributed by atoms with van der Waals surface area (Å²) in [7, 11) is 0. The van der Waals surface area contributed by atoms with E-state index < -0.39 is 0 Å². The van der Waals surface area contributed by atoms with Crippen molar-refractivity contribution in [3.05, 3.63) is 54.9 Å². The van der Waals surface area contributed by atoms with Gasteiger partial charge in [-0.15, -0.1) is 11.3 Å². The predicted octanol–water partition coefficient (Wildman–Crippen LogP) is 5.39. The summed E-state index contributed by atoms with van der Waals surface area (Å²) in [5.74, 6) is 0. The molecule has 5 heteroatoms. The third kappa shape index (κ3) is 2.89. The summed E-state index contributed by atoms with van der Waals surface area (Å²) in [5.41, 5.74) is 4.42. The lowest BCUT2D eigenvalue weighted by atomic mass is 9.98. The first kappa shape index (κ1) is 16.7. The molecular formula is C20H22N2OS2. The normalized spacial score (nSPS) is 15.0. The van der Waals surface area contributed by atoms with Gasteiger partial charge in [0.25, 0.3) is 5.56 Å². The monoisotopic (exact) mass is 370 g/mol. The van der Waals surface area contributed by atoms with Crippen LogP contribution in [0, 0.1) is 18.6 Å². The van der Waals surface area contributed by atoms with Gasteiger partial charge in [-0.2, -0.15) is 0 Å². The molecule has 0 spiro atoms. The first-order valence-electron chi connectivity index (χ1n) is 8.93. The van der Waals surface area contributed by atoms with E-state index in [9.17, 15) is 4.79 Å². The predicted molar refractivity (Wildman–Crippen MR) is 108 cm³/mol. The molecule has 2 heterocycles. The molecule has 4 rings (SSSR count). The van der Waals surface area contributed by atoms with E-state index in [4.69, 9.17) is 12.2 Å². The molecule has 1 aromatic carbocycles. The number of aromatic nitrogens is 2. The molecule has 0 saturated heterocycles. The summed E-state index contributed by atoms with van der Waals surface area (Å²) in [6, 6.07) is 6.13. The van der Waals surface area contributed by atoms with E-state index in [2.05, 4.69) is 18.0 Å². The summed E-state index contributed by atoms with van der Waals surface area (Å²) in [6.07, 6.45) is 7.00. The lowest BCUT2D eigenvalue weighted by Crippen LogP contribution is -2.21. The second-order valence-electron chi connectivity index (χ2n) is 6.98. The molecule has 1 aliphatic carbocycles. The number of aromatic amines is 1. The molecule has 25 heavy (non-hydrogen) atoms. The third-order valence-corrected chi connectivity index (χ3v) is 6.60. The smallest absolute Gasteiger partial charge is 0.267 e. The van der Waals surface area contributed by atoms with Gasteiger partial charge < -0.3 is 4.98 Å². The zero-order chi connectivity index (χ0) is 17.6. The minimum absolute atomic E-state index is 0.0313. The summed E-state index contributed by atoms with van der Waals surface area (Å²) in [5, 5.41) is 0.857. The molecule has 2 aromatic heterocycles. The maximum absolute atomic E-state index is 13.4. The van der Waals surface area contributed by atoms with Crippen LogP contribution in [0.15, 0.2) is 23.0 Å². The molecule has 0 atom stereocenters. The van der Waals surface area contributed by atoms with Crippen LogP contribution >= 0.6 is 23.6 Å². The first-order valence-corrected chi connectivity index (χ1v) is 10.2. The molecule has 0 amide bonds. The topological polar surface area (TPSA) is 37.8 Å². The number of nitrogens with zero attached hydrogens (tertiary/aromatic N) is 1. The number of benzene rings is 1. The molecule has 130 valence electrons. The van der Waals surface area contributed by atoms with E-state index in [1.54, 1.807) is 15.9 Å². The van der Waals surface area contributed by atoms with Crippen molar-refractivity contribution < 1.29 is 0 Å². The fourth-order valence-electron chi connectivity index (χ4n) is 3.87. The second kappa shape index (κ2) is 6.54. The van der Waals surface area contributed by atoms with Gasteiger partial charge in [0.1, 0.15) is 4.83 Å². The molecule has 0 aliphatic heterocycles. The quantitative estimate of drug-likeness (QED) is 0.584. The van der Waals surface area contributed by atoms with Crippen LogP contribution in [-0.2, 0) is 12.8 Å². The summed E-state index contributed by atoms with van der Waals surface area (Å²) < 4.78 is 2.16. The molecule has 3 aromatic rings. The molecule has 0 bridgehead atoms. The average molecular weight is 371 g/mol. The van der Waals surface area contributed by atoms with Crippen LogP contribution in [0.2, 0.25) is 0 Å². The minimum atomic E-state index is 0.0313. The lowest BCUT2D eigenvalue weighted by molar-refractivity contribution is 0.623. The van der Waals surface area contributed by atoms with E-state index >= 15 is 0 Å². The minimum Gasteiger partial charge on any atom is -0.323 e. The van der Waals surface area contributed by atoms with Gasteiger partial charge in [0.2, 0.25) is 0 Å². The Bertz CT molecular complexity index is 1070. The van der Waals surface area contributed by atoms with E-state index in [0.29, 0.717) is 4.77 Å². The number of hydrogen-bond donors (Lipinski definition) is 1. The Hall–Kier alpha value is -1.72. The Morgan fingerprint density at radius 3 is 2.64 bits per heavy atom. The van der Waals surface area contributed by atoms with Gasteiger partial charge in [-0.3, -0.25) is 9.36 Å². The Morgan fingerprint density at radius 1 is 1.12 bits per heavy atom. The fourth-order valence-corrected chi connectivity index (χ4v) is 5.49. The second-order valence-corrected chi connectivity index (χ2v) is 8.47. The number of H-pyrrole nitrogens is 1. The zero-order valence-corrected chi connectivity index (χ0v) is 16.3. The van der Waals surface area contributed by atoms with Crippen LogP contribution in [0.25, 0.3) is 15.9 Å². The van der Waals surface area contributed by atoms with Gasteiger partial charge in [-0.05, 0) is 68.9 Å². The van der Waals surface area contributed by atoms with Crippen molar-refractivity contribution in [2.75, 3.05) is 0 Å². The summed E-state index contributed by atoms with van der Waals surface area (Å²) in [6.45, 7) is 4.09. The van der Waals surface area contributed by atoms with Crippen LogP contribution < -0.4 is 5.56 Å². The molecular weight excluding hydrogens is 348 g/mol. The van der Waals surface area contributed by atoms with Crippen molar-refractivity contribution in [1.82, 2.24) is 9.55 Å². The maximum Gasteiger partial charge on any atom is 0.267 e. The Balaban J connectivity index is 2.02. The molecule has 0 saturated carbocycles. The van der Waals surface area contributed by atoms with Gasteiger partial charge in [0.05, 0.1) is 11.1 Å². The average Bonchev–Trinajstić information content (AvgIpc) is 2.86. The van der Waals surface area contributed by atoms with Crippen molar-refractivity contribution in [2.24, 2.45) is 0 Å². The number of rotatable bonds is 1. The van der Waals surface area contributed by atoms with Crippen molar-refractivity contribution in [1.29, 1.82) is 0 Å². The molecule has 3 nitrogen and oxygen atoms in total. The first-order chi connectivity index (χ1) is 12.1. The van der Waals surface area contributed by atoms with Crippen molar-refractivity contribution in [3.8, 4) is 5.69 Å². The highest BCUT2D eigenvalue weighted by molar-refractivity contribution is 7.71. The SMILES string of the molecule is Cc1ccc(-n2c(=S)[nH]c3sc4c(c3c2=O)CCCCCC4)c(C)c1. The Kier molecular flexibility index (Phi) is 4.38. The van der Waals surface area contributed by atoms with E-state index in [-0.39, 0.29) is 5.56 Å². The number of nitrogens with one attached hydrogen (secondary N) is 1. The van der Waals surface area contributed by atoms with E-state index in [0.717, 1.165) is 40.7 Å². The Labute approximate surface area is 156 Å².